The first-order chi connectivity index (χ1) is 13.7. The lowest BCUT2D eigenvalue weighted by Gasteiger charge is -2.10. The Balaban J connectivity index is 1.76. The van der Waals surface area contributed by atoms with Crippen molar-refractivity contribution >= 4 is 32.8 Å². The maximum absolute atomic E-state index is 12.3. The Labute approximate surface area is 169 Å². The van der Waals surface area contributed by atoms with Crippen molar-refractivity contribution in [2.75, 3.05) is 26.5 Å². The summed E-state index contributed by atoms with van der Waals surface area (Å²) in [6.07, 6.45) is 2.16. The molecular formula is C19H23N5O4S. The third-order valence-electron chi connectivity index (χ3n) is 4.55. The average molecular weight is 417 g/mol. The monoisotopic (exact) mass is 417 g/mol. The summed E-state index contributed by atoms with van der Waals surface area (Å²) >= 11 is 0. The molecule has 1 aromatic carbocycles. The van der Waals surface area contributed by atoms with Crippen molar-refractivity contribution < 1.29 is 17.9 Å². The van der Waals surface area contributed by atoms with Gasteiger partial charge < -0.3 is 14.6 Å². The number of aryl methyl sites for hydroxylation is 2. The van der Waals surface area contributed by atoms with E-state index in [0.29, 0.717) is 29.3 Å². The number of benzene rings is 1. The van der Waals surface area contributed by atoms with Crippen LogP contribution in [0.3, 0.4) is 0 Å². The van der Waals surface area contributed by atoms with Crippen molar-refractivity contribution in [3.63, 3.8) is 0 Å². The van der Waals surface area contributed by atoms with E-state index in [9.17, 15) is 13.2 Å². The van der Waals surface area contributed by atoms with Crippen molar-refractivity contribution in [2.24, 2.45) is 7.05 Å². The molecule has 154 valence electrons. The number of amides is 1. The van der Waals surface area contributed by atoms with Gasteiger partial charge in [-0.25, -0.2) is 22.7 Å². The zero-order valence-electron chi connectivity index (χ0n) is 16.7. The molecule has 2 heterocycles. The summed E-state index contributed by atoms with van der Waals surface area (Å²) < 4.78 is 32.9. The van der Waals surface area contributed by atoms with Gasteiger partial charge in [0, 0.05) is 40.2 Å². The number of methoxy groups -OCH3 is 1. The molecule has 3 rings (SSSR count). The molecule has 9 nitrogen and oxygen atoms in total. The van der Waals surface area contributed by atoms with Crippen LogP contribution in [0.4, 0.5) is 5.82 Å². The van der Waals surface area contributed by atoms with Crippen molar-refractivity contribution in [3.8, 4) is 5.75 Å². The smallest absolute Gasteiger partial charge is 0.242 e. The molecular weight excluding hydrogens is 394 g/mol. The average Bonchev–Trinajstić information content (AvgIpc) is 3.02. The SMILES string of the molecule is COc1cccnc1NC(=O)CCc1nc2cc(S(=O)(=O)N(C)C)ccc2n1C. The van der Waals surface area contributed by atoms with Crippen LogP contribution in [0, 0.1) is 0 Å². The van der Waals surface area contributed by atoms with Crippen molar-refractivity contribution in [3.05, 3.63) is 42.4 Å². The number of pyridine rings is 1. The summed E-state index contributed by atoms with van der Waals surface area (Å²) in [7, 11) is 2.78. The van der Waals surface area contributed by atoms with Gasteiger partial charge in [-0.1, -0.05) is 0 Å². The molecule has 0 unspecified atom stereocenters. The minimum Gasteiger partial charge on any atom is -0.493 e. The second-order valence-corrected chi connectivity index (χ2v) is 8.78. The molecule has 0 aliphatic carbocycles. The van der Waals surface area contributed by atoms with Crippen molar-refractivity contribution in [2.45, 2.75) is 17.7 Å². The highest BCUT2D eigenvalue weighted by Gasteiger charge is 2.19. The summed E-state index contributed by atoms with van der Waals surface area (Å²) in [5, 5.41) is 2.73. The van der Waals surface area contributed by atoms with Gasteiger partial charge in [0.1, 0.15) is 5.82 Å². The zero-order valence-corrected chi connectivity index (χ0v) is 17.5. The lowest BCUT2D eigenvalue weighted by atomic mass is 10.2. The van der Waals surface area contributed by atoms with E-state index in [1.54, 1.807) is 36.5 Å². The third kappa shape index (κ3) is 4.22. The molecule has 0 fully saturated rings. The van der Waals surface area contributed by atoms with E-state index in [0.717, 1.165) is 9.82 Å². The van der Waals surface area contributed by atoms with Gasteiger partial charge in [-0.2, -0.15) is 0 Å². The van der Waals surface area contributed by atoms with Crippen LogP contribution >= 0.6 is 0 Å². The molecule has 2 aromatic heterocycles. The molecule has 3 aromatic rings. The van der Waals surface area contributed by atoms with Crippen LogP contribution in [0.25, 0.3) is 11.0 Å². The van der Waals surface area contributed by atoms with Gasteiger partial charge >= 0.3 is 0 Å². The quantitative estimate of drug-likeness (QED) is 0.628. The number of carbonyl (C=O) groups is 1. The Morgan fingerprint density at radius 2 is 2.03 bits per heavy atom. The van der Waals surface area contributed by atoms with E-state index < -0.39 is 10.0 Å². The number of ether oxygens (including phenoxy) is 1. The fourth-order valence-corrected chi connectivity index (χ4v) is 3.82. The van der Waals surface area contributed by atoms with Crippen LogP contribution in [0.2, 0.25) is 0 Å². The minimum atomic E-state index is -3.54. The Morgan fingerprint density at radius 1 is 1.28 bits per heavy atom. The van der Waals surface area contributed by atoms with Gasteiger partial charge in [-0.05, 0) is 30.3 Å². The van der Waals surface area contributed by atoms with E-state index >= 15 is 0 Å². The summed E-state index contributed by atoms with van der Waals surface area (Å²) in [4.78, 5) is 21.1. The van der Waals surface area contributed by atoms with Crippen LogP contribution in [0.1, 0.15) is 12.2 Å². The number of carbonyl (C=O) groups excluding carboxylic acids is 1. The zero-order chi connectivity index (χ0) is 21.2. The largest absolute Gasteiger partial charge is 0.493 e. The molecule has 0 aliphatic rings. The van der Waals surface area contributed by atoms with E-state index in [4.69, 9.17) is 4.74 Å². The van der Waals surface area contributed by atoms with Crippen LogP contribution in [-0.2, 0) is 28.3 Å². The molecule has 0 aliphatic heterocycles. The Hall–Kier alpha value is -2.98. The molecule has 1 N–H and O–H groups in total. The van der Waals surface area contributed by atoms with E-state index in [1.165, 1.54) is 21.2 Å². The van der Waals surface area contributed by atoms with Gasteiger partial charge in [0.15, 0.2) is 11.6 Å². The van der Waals surface area contributed by atoms with Crippen LogP contribution in [-0.4, -0.2) is 54.4 Å². The molecule has 0 saturated heterocycles. The molecule has 0 saturated carbocycles. The first-order valence-corrected chi connectivity index (χ1v) is 10.3. The van der Waals surface area contributed by atoms with Gasteiger partial charge in [-0.15, -0.1) is 0 Å². The van der Waals surface area contributed by atoms with E-state index in [1.807, 2.05) is 11.6 Å². The molecule has 0 radical (unpaired) electrons. The number of nitrogens with zero attached hydrogens (tertiary/aromatic N) is 4. The maximum Gasteiger partial charge on any atom is 0.242 e. The predicted octanol–water partition coefficient (Wildman–Crippen LogP) is 1.80. The van der Waals surface area contributed by atoms with Gasteiger partial charge in [0.25, 0.3) is 0 Å². The number of anilines is 1. The number of rotatable bonds is 7. The van der Waals surface area contributed by atoms with E-state index in [-0.39, 0.29) is 17.2 Å². The molecule has 0 bridgehead atoms. The summed E-state index contributed by atoms with van der Waals surface area (Å²) in [6.45, 7) is 0. The lowest BCUT2D eigenvalue weighted by molar-refractivity contribution is -0.116. The summed E-state index contributed by atoms with van der Waals surface area (Å²) in [6, 6.07) is 8.27. The van der Waals surface area contributed by atoms with Crippen molar-refractivity contribution in [1.29, 1.82) is 0 Å². The summed E-state index contributed by atoms with van der Waals surface area (Å²) in [5.41, 5.74) is 1.36. The van der Waals surface area contributed by atoms with Gasteiger partial charge in [0.05, 0.1) is 23.0 Å². The van der Waals surface area contributed by atoms with Gasteiger partial charge in [0.2, 0.25) is 15.9 Å². The molecule has 29 heavy (non-hydrogen) atoms. The number of hydrogen-bond acceptors (Lipinski definition) is 6. The van der Waals surface area contributed by atoms with Crippen molar-refractivity contribution in [1.82, 2.24) is 18.8 Å². The standard InChI is InChI=1S/C19H23N5O4S/c1-23(2)29(26,27)13-7-8-15-14(12-13)21-17(24(15)3)9-10-18(25)22-19-16(28-4)6-5-11-20-19/h5-8,11-12H,9-10H2,1-4H3,(H,20,22,25). The highest BCUT2D eigenvalue weighted by Crippen LogP contribution is 2.23. The normalized spacial score (nSPS) is 11.8. The topological polar surface area (TPSA) is 106 Å². The van der Waals surface area contributed by atoms with E-state index in [2.05, 4.69) is 15.3 Å². The highest BCUT2D eigenvalue weighted by atomic mass is 32.2. The summed E-state index contributed by atoms with van der Waals surface area (Å²) in [5.74, 6) is 1.31. The lowest BCUT2D eigenvalue weighted by Crippen LogP contribution is -2.22. The first-order valence-electron chi connectivity index (χ1n) is 8.90. The van der Waals surface area contributed by atoms with Crippen LogP contribution in [0.15, 0.2) is 41.4 Å². The number of fused-ring (bicyclic) bond motifs is 1. The maximum atomic E-state index is 12.3. The second kappa shape index (κ2) is 8.18. The number of sulfonamides is 1. The molecule has 10 heteroatoms. The molecule has 0 spiro atoms. The Bertz CT molecular complexity index is 1150. The fourth-order valence-electron chi connectivity index (χ4n) is 2.89. The number of imidazole rings is 1. The molecule has 1 amide bonds. The number of nitrogens with one attached hydrogen (secondary N) is 1. The van der Waals surface area contributed by atoms with Crippen LogP contribution < -0.4 is 10.1 Å². The highest BCUT2D eigenvalue weighted by molar-refractivity contribution is 7.89. The van der Waals surface area contributed by atoms with Crippen LogP contribution in [0.5, 0.6) is 5.75 Å². The third-order valence-corrected chi connectivity index (χ3v) is 6.36. The minimum absolute atomic E-state index is 0.180. The Kier molecular flexibility index (Phi) is 5.85. The second-order valence-electron chi connectivity index (χ2n) is 6.63. The number of aromatic nitrogens is 3. The Morgan fingerprint density at radius 3 is 2.72 bits per heavy atom. The van der Waals surface area contributed by atoms with Gasteiger partial charge in [-0.3, -0.25) is 4.79 Å². The number of hydrogen-bond donors (Lipinski definition) is 1. The first kappa shape index (κ1) is 20.7. The molecule has 0 atom stereocenters. The fraction of sp³-hybridized carbons (Fsp3) is 0.316. The predicted molar refractivity (Wildman–Crippen MR) is 109 cm³/mol.